The number of para-hydroxylation sites is 2. The topological polar surface area (TPSA) is 84.0 Å². The highest BCUT2D eigenvalue weighted by atomic mass is 16.2. The Hall–Kier alpha value is -5.36. The number of carbonyl (C=O) groups excluding carboxylic acids is 2. The van der Waals surface area contributed by atoms with Crippen molar-refractivity contribution in [2.75, 3.05) is 10.6 Å². The predicted molar refractivity (Wildman–Crippen MR) is 173 cm³/mol. The van der Waals surface area contributed by atoms with E-state index in [2.05, 4.69) is 20.6 Å². The lowest BCUT2D eigenvalue weighted by Gasteiger charge is -2.32. The summed E-state index contributed by atoms with van der Waals surface area (Å²) in [5.41, 5.74) is 4.90. The molecule has 43 heavy (non-hydrogen) atoms. The van der Waals surface area contributed by atoms with Crippen LogP contribution in [0.5, 0.6) is 0 Å². The summed E-state index contributed by atoms with van der Waals surface area (Å²) in [5, 5.41) is 8.03. The maximum atomic E-state index is 14.7. The van der Waals surface area contributed by atoms with E-state index in [9.17, 15) is 9.59 Å². The minimum absolute atomic E-state index is 0.190. The van der Waals surface area contributed by atoms with Crippen LogP contribution in [0.25, 0.3) is 21.8 Å². The first-order valence-corrected chi connectivity index (χ1v) is 14.3. The molecule has 0 unspecified atom stereocenters. The number of hydrogen-bond donors (Lipinski definition) is 2. The Bertz CT molecular complexity index is 1780. The largest absolute Gasteiger partial charge is 0.323 e. The molecular formula is C37H32N4O2. The molecule has 0 bridgehead atoms. The van der Waals surface area contributed by atoms with Crippen LogP contribution in [0.3, 0.4) is 0 Å². The number of fused-ring (bicyclic) bond motifs is 2. The van der Waals surface area contributed by atoms with Gasteiger partial charge in [0, 0.05) is 23.2 Å². The number of hydrogen-bond acceptors (Lipinski definition) is 4. The van der Waals surface area contributed by atoms with Gasteiger partial charge in [0.25, 0.3) is 0 Å². The van der Waals surface area contributed by atoms with E-state index in [-0.39, 0.29) is 12.8 Å². The van der Waals surface area contributed by atoms with E-state index in [1.807, 2.05) is 123 Å². The van der Waals surface area contributed by atoms with Gasteiger partial charge in [0.2, 0.25) is 11.8 Å². The zero-order valence-corrected chi connectivity index (χ0v) is 24.2. The Labute approximate surface area is 250 Å². The van der Waals surface area contributed by atoms with E-state index in [0.717, 1.165) is 33.0 Å². The number of nitrogens with zero attached hydrogens (tertiary/aromatic N) is 2. The summed E-state index contributed by atoms with van der Waals surface area (Å²) in [6, 6.07) is 34.9. The van der Waals surface area contributed by atoms with Gasteiger partial charge in [-0.05, 0) is 62.1 Å². The predicted octanol–water partition coefficient (Wildman–Crippen LogP) is 7.45. The highest BCUT2D eigenvalue weighted by Crippen LogP contribution is 2.34. The third-order valence-electron chi connectivity index (χ3n) is 7.88. The van der Waals surface area contributed by atoms with Crippen LogP contribution in [-0.2, 0) is 22.4 Å². The summed E-state index contributed by atoms with van der Waals surface area (Å²) in [6.45, 7) is 4.04. The molecule has 0 saturated heterocycles. The molecule has 0 atom stereocenters. The third-order valence-corrected chi connectivity index (χ3v) is 7.88. The van der Waals surface area contributed by atoms with Crippen molar-refractivity contribution in [1.29, 1.82) is 0 Å². The number of benzene rings is 4. The van der Waals surface area contributed by atoms with Crippen molar-refractivity contribution in [2.24, 2.45) is 5.41 Å². The zero-order chi connectivity index (χ0) is 29.8. The molecule has 2 heterocycles. The smallest absolute Gasteiger partial charge is 0.240 e. The van der Waals surface area contributed by atoms with Gasteiger partial charge in [-0.15, -0.1) is 0 Å². The number of amides is 2. The van der Waals surface area contributed by atoms with Crippen LogP contribution in [0.4, 0.5) is 11.4 Å². The zero-order valence-electron chi connectivity index (χ0n) is 24.2. The van der Waals surface area contributed by atoms with Crippen molar-refractivity contribution in [3.63, 3.8) is 0 Å². The fourth-order valence-corrected chi connectivity index (χ4v) is 5.49. The lowest BCUT2D eigenvalue weighted by atomic mass is 9.74. The van der Waals surface area contributed by atoms with Gasteiger partial charge in [-0.1, -0.05) is 96.1 Å². The number of rotatable bonds is 8. The first-order chi connectivity index (χ1) is 20.9. The molecule has 0 saturated carbocycles. The Morgan fingerprint density at radius 3 is 1.37 bits per heavy atom. The lowest BCUT2D eigenvalue weighted by Crippen LogP contribution is -2.49. The van der Waals surface area contributed by atoms with Crippen molar-refractivity contribution in [2.45, 2.75) is 26.7 Å². The second-order valence-electron chi connectivity index (χ2n) is 11.1. The van der Waals surface area contributed by atoms with Gasteiger partial charge >= 0.3 is 0 Å². The standard InChI is InChI=1S/C37H32N4O2/c1-25-13-17-27(18-14-25)23-37(24-28-19-15-26(2)16-20-28,35(42)40-31-11-3-7-29-9-5-21-38-33(29)31)36(43)41-32-12-4-8-30-10-6-22-39-34(30)32/h3-22H,23-24H2,1-2H3,(H,40,42)(H,41,43). The Balaban J connectivity index is 1.48. The fraction of sp³-hybridized carbons (Fsp3) is 0.135. The summed E-state index contributed by atoms with van der Waals surface area (Å²) in [6.07, 6.45) is 3.78. The number of aromatic nitrogens is 2. The van der Waals surface area contributed by atoms with Crippen LogP contribution < -0.4 is 10.6 Å². The van der Waals surface area contributed by atoms with E-state index in [1.54, 1.807) is 12.4 Å². The van der Waals surface area contributed by atoms with Crippen molar-refractivity contribution in [3.05, 3.63) is 144 Å². The monoisotopic (exact) mass is 564 g/mol. The van der Waals surface area contributed by atoms with E-state index in [4.69, 9.17) is 0 Å². The van der Waals surface area contributed by atoms with Gasteiger partial charge in [0.15, 0.2) is 0 Å². The molecule has 0 radical (unpaired) electrons. The summed E-state index contributed by atoms with van der Waals surface area (Å²) in [5.74, 6) is -0.810. The summed E-state index contributed by atoms with van der Waals surface area (Å²) in [4.78, 5) is 38.5. The van der Waals surface area contributed by atoms with Crippen LogP contribution >= 0.6 is 0 Å². The van der Waals surface area contributed by atoms with Crippen LogP contribution in [0.1, 0.15) is 22.3 Å². The van der Waals surface area contributed by atoms with E-state index < -0.39 is 17.2 Å². The van der Waals surface area contributed by atoms with Crippen LogP contribution in [0.2, 0.25) is 0 Å². The molecule has 2 aromatic heterocycles. The first-order valence-electron chi connectivity index (χ1n) is 14.3. The van der Waals surface area contributed by atoms with E-state index in [1.165, 1.54) is 0 Å². The molecular weight excluding hydrogens is 532 g/mol. The van der Waals surface area contributed by atoms with E-state index >= 15 is 0 Å². The number of nitrogens with one attached hydrogen (secondary N) is 2. The van der Waals surface area contributed by atoms with Gasteiger partial charge < -0.3 is 10.6 Å². The average molecular weight is 565 g/mol. The molecule has 0 aliphatic carbocycles. The van der Waals surface area contributed by atoms with Crippen LogP contribution in [-0.4, -0.2) is 21.8 Å². The first kappa shape index (κ1) is 27.8. The molecule has 4 aromatic carbocycles. The molecule has 2 N–H and O–H groups in total. The molecule has 212 valence electrons. The molecule has 6 nitrogen and oxygen atoms in total. The van der Waals surface area contributed by atoms with Crippen molar-refractivity contribution >= 4 is 45.0 Å². The minimum atomic E-state index is -1.52. The maximum Gasteiger partial charge on any atom is 0.240 e. The Morgan fingerprint density at radius 2 is 0.953 bits per heavy atom. The number of carbonyl (C=O) groups is 2. The van der Waals surface area contributed by atoms with Crippen molar-refractivity contribution in [1.82, 2.24) is 9.97 Å². The van der Waals surface area contributed by atoms with Gasteiger partial charge in [0.1, 0.15) is 5.41 Å². The van der Waals surface area contributed by atoms with Gasteiger partial charge in [-0.3, -0.25) is 19.6 Å². The summed E-state index contributed by atoms with van der Waals surface area (Å²) in [7, 11) is 0. The number of anilines is 2. The average Bonchev–Trinajstić information content (AvgIpc) is 3.03. The molecule has 0 aliphatic heterocycles. The quantitative estimate of drug-likeness (QED) is 0.188. The second kappa shape index (κ2) is 11.9. The van der Waals surface area contributed by atoms with Crippen molar-refractivity contribution in [3.8, 4) is 0 Å². The van der Waals surface area contributed by atoms with Crippen molar-refractivity contribution < 1.29 is 9.59 Å². The summed E-state index contributed by atoms with van der Waals surface area (Å²) < 4.78 is 0. The van der Waals surface area contributed by atoms with Gasteiger partial charge in [0.05, 0.1) is 22.4 Å². The molecule has 6 rings (SSSR count). The molecule has 6 aromatic rings. The van der Waals surface area contributed by atoms with Crippen LogP contribution in [0.15, 0.2) is 122 Å². The SMILES string of the molecule is Cc1ccc(CC(Cc2ccc(C)cc2)(C(=O)Nc2cccc3cccnc23)C(=O)Nc2cccc3cccnc23)cc1. The molecule has 0 spiro atoms. The normalized spacial score (nSPS) is 11.4. The van der Waals surface area contributed by atoms with E-state index in [0.29, 0.717) is 22.4 Å². The highest BCUT2D eigenvalue weighted by Gasteiger charge is 2.46. The molecule has 2 amide bonds. The lowest BCUT2D eigenvalue weighted by molar-refractivity contribution is -0.137. The van der Waals surface area contributed by atoms with Gasteiger partial charge in [-0.2, -0.15) is 0 Å². The number of aryl methyl sites for hydroxylation is 2. The molecule has 0 aliphatic rings. The minimum Gasteiger partial charge on any atom is -0.323 e. The number of pyridine rings is 2. The highest BCUT2D eigenvalue weighted by molar-refractivity contribution is 6.17. The van der Waals surface area contributed by atoms with Gasteiger partial charge in [-0.25, -0.2) is 0 Å². The molecule has 6 heteroatoms. The van der Waals surface area contributed by atoms with Crippen LogP contribution in [0, 0.1) is 19.3 Å². The Morgan fingerprint density at radius 1 is 0.558 bits per heavy atom. The third kappa shape index (κ3) is 5.86. The fourth-order valence-electron chi connectivity index (χ4n) is 5.49. The summed E-state index contributed by atoms with van der Waals surface area (Å²) >= 11 is 0. The molecule has 0 fully saturated rings. The maximum absolute atomic E-state index is 14.7. The second-order valence-corrected chi connectivity index (χ2v) is 11.1. The Kier molecular flexibility index (Phi) is 7.67.